The van der Waals surface area contributed by atoms with Crippen molar-refractivity contribution in [2.24, 2.45) is 0 Å². The van der Waals surface area contributed by atoms with Crippen molar-refractivity contribution in [3.05, 3.63) is 42.7 Å². The number of urea groups is 1. The SMILES string of the molecule is COc1ccc(N2C(=O)C(=O)N(C[NH+]3CCN(c4ncccn4)CC3)C2=O)cc1. The van der Waals surface area contributed by atoms with E-state index in [1.54, 1.807) is 42.7 Å². The Bertz CT molecular complexity index is 912. The van der Waals surface area contributed by atoms with Crippen LogP contribution in [0, 0.1) is 0 Å². The van der Waals surface area contributed by atoms with Gasteiger partial charge >= 0.3 is 17.8 Å². The molecule has 2 aliphatic rings. The van der Waals surface area contributed by atoms with Gasteiger partial charge in [-0.2, -0.15) is 0 Å². The number of imide groups is 2. The van der Waals surface area contributed by atoms with Crippen molar-refractivity contribution in [2.45, 2.75) is 0 Å². The van der Waals surface area contributed by atoms with Crippen molar-refractivity contribution in [3.8, 4) is 5.75 Å². The van der Waals surface area contributed by atoms with Gasteiger partial charge in [0.05, 0.1) is 39.0 Å². The predicted molar refractivity (Wildman–Crippen MR) is 103 cm³/mol. The first kappa shape index (κ1) is 18.8. The number of benzene rings is 1. The lowest BCUT2D eigenvalue weighted by Gasteiger charge is -2.33. The molecule has 0 spiro atoms. The van der Waals surface area contributed by atoms with Crippen molar-refractivity contribution in [1.82, 2.24) is 14.9 Å². The molecule has 2 aliphatic heterocycles. The van der Waals surface area contributed by atoms with E-state index in [9.17, 15) is 14.4 Å². The maximum Gasteiger partial charge on any atom is 0.343 e. The van der Waals surface area contributed by atoms with E-state index in [1.807, 2.05) is 0 Å². The van der Waals surface area contributed by atoms with Crippen LogP contribution in [0.4, 0.5) is 16.4 Å². The lowest BCUT2D eigenvalue weighted by atomic mass is 10.3. The van der Waals surface area contributed by atoms with E-state index >= 15 is 0 Å². The highest BCUT2D eigenvalue weighted by molar-refractivity contribution is 6.52. The summed E-state index contributed by atoms with van der Waals surface area (Å²) in [6.07, 6.45) is 3.39. The number of hydrogen-bond donors (Lipinski definition) is 1. The molecule has 2 aromatic rings. The second-order valence-electron chi connectivity index (χ2n) is 6.80. The van der Waals surface area contributed by atoms with E-state index in [-0.39, 0.29) is 6.67 Å². The molecule has 0 unspecified atom stereocenters. The van der Waals surface area contributed by atoms with Gasteiger partial charge in [0.15, 0.2) is 6.67 Å². The van der Waals surface area contributed by atoms with Gasteiger partial charge in [-0.05, 0) is 30.3 Å². The van der Waals surface area contributed by atoms with Gasteiger partial charge < -0.3 is 14.5 Å². The fourth-order valence-electron chi connectivity index (χ4n) is 3.46. The number of nitrogens with one attached hydrogen (secondary N) is 1. The van der Waals surface area contributed by atoms with Crippen LogP contribution in [0.1, 0.15) is 0 Å². The monoisotopic (exact) mass is 397 g/mol. The molecule has 0 atom stereocenters. The van der Waals surface area contributed by atoms with Crippen LogP contribution in [0.15, 0.2) is 42.7 Å². The van der Waals surface area contributed by atoms with E-state index in [1.165, 1.54) is 7.11 Å². The number of carbonyl (C=O) groups excluding carboxylic acids is 3. The van der Waals surface area contributed by atoms with Crippen molar-refractivity contribution in [2.75, 3.05) is 49.8 Å². The highest BCUT2D eigenvalue weighted by Crippen LogP contribution is 2.24. The molecule has 0 bridgehead atoms. The number of quaternary nitrogens is 1. The molecule has 2 fully saturated rings. The van der Waals surface area contributed by atoms with Crippen LogP contribution in [0.2, 0.25) is 0 Å². The van der Waals surface area contributed by atoms with Crippen molar-refractivity contribution in [1.29, 1.82) is 0 Å². The molecule has 2 saturated heterocycles. The molecular formula is C19H21N6O4+. The summed E-state index contributed by atoms with van der Waals surface area (Å²) in [5.41, 5.74) is 0.345. The Labute approximate surface area is 167 Å². The fourth-order valence-corrected chi connectivity index (χ4v) is 3.46. The summed E-state index contributed by atoms with van der Waals surface area (Å²) in [6.45, 7) is 2.95. The van der Waals surface area contributed by atoms with Crippen LogP contribution in [-0.4, -0.2) is 72.7 Å². The Morgan fingerprint density at radius 2 is 1.66 bits per heavy atom. The third-order valence-corrected chi connectivity index (χ3v) is 5.07. The minimum Gasteiger partial charge on any atom is -0.497 e. The van der Waals surface area contributed by atoms with Crippen LogP contribution in [0.5, 0.6) is 5.75 Å². The predicted octanol–water partition coefficient (Wildman–Crippen LogP) is -0.857. The molecule has 29 heavy (non-hydrogen) atoms. The van der Waals surface area contributed by atoms with Gasteiger partial charge in [0.1, 0.15) is 5.75 Å². The molecule has 1 aromatic heterocycles. The third-order valence-electron chi connectivity index (χ3n) is 5.07. The van der Waals surface area contributed by atoms with E-state index in [4.69, 9.17) is 4.74 Å². The second-order valence-corrected chi connectivity index (χ2v) is 6.80. The Hall–Kier alpha value is -3.53. The van der Waals surface area contributed by atoms with E-state index in [2.05, 4.69) is 14.9 Å². The molecule has 4 rings (SSSR count). The van der Waals surface area contributed by atoms with Gasteiger partial charge in [0.2, 0.25) is 5.95 Å². The number of ether oxygens (including phenoxy) is 1. The molecule has 10 nitrogen and oxygen atoms in total. The van der Waals surface area contributed by atoms with Gasteiger partial charge in [0.25, 0.3) is 0 Å². The number of anilines is 2. The Balaban J connectivity index is 1.41. The maximum absolute atomic E-state index is 12.8. The summed E-state index contributed by atoms with van der Waals surface area (Å²) in [5, 5.41) is 0. The number of nitrogens with zero attached hydrogens (tertiary/aromatic N) is 5. The summed E-state index contributed by atoms with van der Waals surface area (Å²) in [4.78, 5) is 51.1. The number of methoxy groups -OCH3 is 1. The molecule has 150 valence electrons. The summed E-state index contributed by atoms with van der Waals surface area (Å²) in [6, 6.07) is 7.58. The molecule has 0 saturated carbocycles. The molecular weight excluding hydrogens is 376 g/mol. The second kappa shape index (κ2) is 7.84. The summed E-state index contributed by atoms with van der Waals surface area (Å²) in [7, 11) is 1.53. The normalized spacial score (nSPS) is 18.0. The van der Waals surface area contributed by atoms with Crippen LogP contribution in [0.25, 0.3) is 0 Å². The average molecular weight is 397 g/mol. The van der Waals surface area contributed by atoms with Crippen LogP contribution >= 0.6 is 0 Å². The minimum absolute atomic E-state index is 0.152. The topological polar surface area (TPSA) is 100 Å². The third kappa shape index (κ3) is 3.61. The van der Waals surface area contributed by atoms with Crippen LogP contribution < -0.4 is 19.4 Å². The first-order valence-electron chi connectivity index (χ1n) is 9.28. The summed E-state index contributed by atoms with van der Waals surface area (Å²) < 4.78 is 5.09. The van der Waals surface area contributed by atoms with Crippen LogP contribution in [-0.2, 0) is 9.59 Å². The number of rotatable bonds is 5. The van der Waals surface area contributed by atoms with E-state index < -0.39 is 17.8 Å². The number of carbonyl (C=O) groups is 3. The Morgan fingerprint density at radius 3 is 2.28 bits per heavy atom. The summed E-state index contributed by atoms with van der Waals surface area (Å²) in [5.74, 6) is -0.371. The minimum atomic E-state index is -0.837. The largest absolute Gasteiger partial charge is 0.497 e. The number of piperazine rings is 1. The summed E-state index contributed by atoms with van der Waals surface area (Å²) >= 11 is 0. The fraction of sp³-hybridized carbons (Fsp3) is 0.316. The Kier molecular flexibility index (Phi) is 5.09. The standard InChI is InChI=1S/C19H20N6O4/c1-29-15-5-3-14(4-6-15)25-17(27)16(26)24(19(25)28)13-22-9-11-23(12-10-22)18-20-7-2-8-21-18/h2-8H,9-13H2,1H3/p+1. The van der Waals surface area contributed by atoms with Gasteiger partial charge in [0, 0.05) is 12.4 Å². The van der Waals surface area contributed by atoms with Crippen LogP contribution in [0.3, 0.4) is 0 Å². The highest BCUT2D eigenvalue weighted by atomic mass is 16.5. The average Bonchev–Trinajstić information content (AvgIpc) is 2.98. The van der Waals surface area contributed by atoms with Gasteiger partial charge in [-0.1, -0.05) is 0 Å². The lowest BCUT2D eigenvalue weighted by molar-refractivity contribution is -0.907. The van der Waals surface area contributed by atoms with Gasteiger partial charge in [-0.3, -0.25) is 9.59 Å². The molecule has 3 heterocycles. The van der Waals surface area contributed by atoms with Gasteiger partial charge in [-0.25, -0.2) is 24.6 Å². The zero-order valence-electron chi connectivity index (χ0n) is 15.9. The quantitative estimate of drug-likeness (QED) is 0.518. The highest BCUT2D eigenvalue weighted by Gasteiger charge is 2.47. The van der Waals surface area contributed by atoms with Gasteiger partial charge in [-0.15, -0.1) is 0 Å². The first-order chi connectivity index (χ1) is 14.1. The van der Waals surface area contributed by atoms with Crippen molar-refractivity contribution < 1.29 is 24.0 Å². The molecule has 10 heteroatoms. The zero-order valence-corrected chi connectivity index (χ0v) is 15.9. The molecule has 0 aliphatic carbocycles. The molecule has 0 radical (unpaired) electrons. The number of hydrogen-bond acceptors (Lipinski definition) is 7. The van der Waals surface area contributed by atoms with E-state index in [0.29, 0.717) is 43.6 Å². The van der Waals surface area contributed by atoms with Crippen molar-refractivity contribution >= 4 is 29.5 Å². The van der Waals surface area contributed by atoms with E-state index in [0.717, 1.165) is 14.7 Å². The zero-order chi connectivity index (χ0) is 20.4. The first-order valence-corrected chi connectivity index (χ1v) is 9.28. The lowest BCUT2D eigenvalue weighted by Crippen LogP contribution is -3.16. The van der Waals surface area contributed by atoms with Crippen molar-refractivity contribution in [3.63, 3.8) is 0 Å². The number of amides is 4. The molecule has 1 aromatic carbocycles. The molecule has 4 amide bonds. The molecule has 1 N–H and O–H groups in total. The smallest absolute Gasteiger partial charge is 0.343 e. The maximum atomic E-state index is 12.8. The number of aromatic nitrogens is 2. The Morgan fingerprint density at radius 1 is 1.00 bits per heavy atom.